The van der Waals surface area contributed by atoms with Crippen LogP contribution in [0.5, 0.6) is 0 Å². The molecule has 1 saturated carbocycles. The van der Waals surface area contributed by atoms with Crippen molar-refractivity contribution in [3.8, 4) is 0 Å². The zero-order valence-electron chi connectivity index (χ0n) is 11.5. The SMILES string of the molecule is C[C@H](O)c1ccnc(N2CCOC3CCCCC32)c1. The van der Waals surface area contributed by atoms with E-state index in [0.717, 1.165) is 31.0 Å². The fourth-order valence-corrected chi connectivity index (χ4v) is 3.23. The lowest BCUT2D eigenvalue weighted by Gasteiger charge is -2.44. The van der Waals surface area contributed by atoms with Crippen molar-refractivity contribution in [2.75, 3.05) is 18.1 Å². The standard InChI is InChI=1S/C15H22N2O2/c1-11(18)12-6-7-16-15(10-12)17-8-9-19-14-5-3-2-4-13(14)17/h6-7,10-11,13-14,18H,2-5,8-9H2,1H3/t11-,13?,14?/m0/s1. The summed E-state index contributed by atoms with van der Waals surface area (Å²) in [5.41, 5.74) is 0.934. The summed E-state index contributed by atoms with van der Waals surface area (Å²) < 4.78 is 5.89. The third kappa shape index (κ3) is 2.60. The van der Waals surface area contributed by atoms with Crippen molar-refractivity contribution in [2.45, 2.75) is 50.9 Å². The van der Waals surface area contributed by atoms with Crippen molar-refractivity contribution in [2.24, 2.45) is 0 Å². The Hall–Kier alpha value is -1.13. The zero-order chi connectivity index (χ0) is 13.2. The molecule has 1 N–H and O–H groups in total. The second-order valence-corrected chi connectivity index (χ2v) is 5.58. The van der Waals surface area contributed by atoms with Crippen LogP contribution in [0.1, 0.15) is 44.3 Å². The van der Waals surface area contributed by atoms with E-state index in [-0.39, 0.29) is 0 Å². The molecule has 3 rings (SSSR count). The van der Waals surface area contributed by atoms with Gasteiger partial charge < -0.3 is 14.7 Å². The molecule has 0 radical (unpaired) electrons. The van der Waals surface area contributed by atoms with E-state index >= 15 is 0 Å². The van der Waals surface area contributed by atoms with Gasteiger partial charge in [0.05, 0.1) is 24.9 Å². The van der Waals surface area contributed by atoms with Gasteiger partial charge in [0.15, 0.2) is 0 Å². The van der Waals surface area contributed by atoms with Gasteiger partial charge >= 0.3 is 0 Å². The Balaban J connectivity index is 1.85. The summed E-state index contributed by atoms with van der Waals surface area (Å²) in [6.07, 6.45) is 6.62. The first-order valence-corrected chi connectivity index (χ1v) is 7.28. The molecule has 104 valence electrons. The lowest BCUT2D eigenvalue weighted by Crippen LogP contribution is -2.53. The highest BCUT2D eigenvalue weighted by molar-refractivity contribution is 5.43. The van der Waals surface area contributed by atoms with Gasteiger partial charge in [0.1, 0.15) is 5.82 Å². The zero-order valence-corrected chi connectivity index (χ0v) is 11.5. The van der Waals surface area contributed by atoms with Gasteiger partial charge in [-0.05, 0) is 37.5 Å². The molecule has 1 aliphatic heterocycles. The van der Waals surface area contributed by atoms with Crippen LogP contribution in [0.2, 0.25) is 0 Å². The lowest BCUT2D eigenvalue weighted by molar-refractivity contribution is -0.00900. The van der Waals surface area contributed by atoms with Gasteiger partial charge in [-0.3, -0.25) is 0 Å². The summed E-state index contributed by atoms with van der Waals surface area (Å²) in [5.74, 6) is 0.985. The van der Waals surface area contributed by atoms with Crippen LogP contribution < -0.4 is 4.90 Å². The summed E-state index contributed by atoms with van der Waals surface area (Å²) in [4.78, 5) is 6.87. The van der Waals surface area contributed by atoms with E-state index in [4.69, 9.17) is 4.74 Å². The Labute approximate surface area is 114 Å². The molecule has 1 aromatic rings. The number of anilines is 1. The maximum absolute atomic E-state index is 9.71. The molecule has 4 nitrogen and oxygen atoms in total. The molecule has 2 aliphatic rings. The molecule has 1 saturated heterocycles. The van der Waals surface area contributed by atoms with E-state index in [2.05, 4.69) is 9.88 Å². The molecule has 2 fully saturated rings. The van der Waals surface area contributed by atoms with Crippen LogP contribution >= 0.6 is 0 Å². The Kier molecular flexibility index (Phi) is 3.71. The monoisotopic (exact) mass is 262 g/mol. The Bertz CT molecular complexity index is 434. The molecular formula is C15H22N2O2. The number of fused-ring (bicyclic) bond motifs is 1. The Morgan fingerprint density at radius 2 is 2.26 bits per heavy atom. The van der Waals surface area contributed by atoms with Gasteiger partial charge in [0.2, 0.25) is 0 Å². The minimum absolute atomic E-state index is 0.361. The lowest BCUT2D eigenvalue weighted by atomic mass is 9.90. The normalized spacial score (nSPS) is 28.8. The van der Waals surface area contributed by atoms with E-state index in [1.807, 2.05) is 12.1 Å². The van der Waals surface area contributed by atoms with E-state index in [1.165, 1.54) is 19.3 Å². The van der Waals surface area contributed by atoms with Crippen LogP contribution in [0, 0.1) is 0 Å². The molecule has 2 heterocycles. The van der Waals surface area contributed by atoms with E-state index < -0.39 is 6.10 Å². The second-order valence-electron chi connectivity index (χ2n) is 5.58. The maximum Gasteiger partial charge on any atom is 0.129 e. The Morgan fingerprint density at radius 1 is 1.42 bits per heavy atom. The molecule has 0 spiro atoms. The fourth-order valence-electron chi connectivity index (χ4n) is 3.23. The predicted molar refractivity (Wildman–Crippen MR) is 74.2 cm³/mol. The van der Waals surface area contributed by atoms with Crippen LogP contribution in [-0.4, -0.2) is 35.4 Å². The highest BCUT2D eigenvalue weighted by Gasteiger charge is 2.34. The summed E-state index contributed by atoms with van der Waals surface area (Å²) >= 11 is 0. The molecule has 19 heavy (non-hydrogen) atoms. The number of aromatic nitrogens is 1. The predicted octanol–water partition coefficient (Wildman–Crippen LogP) is 2.28. The summed E-state index contributed by atoms with van der Waals surface area (Å²) in [7, 11) is 0. The minimum atomic E-state index is -0.440. The smallest absolute Gasteiger partial charge is 0.129 e. The van der Waals surface area contributed by atoms with Crippen LogP contribution in [0.3, 0.4) is 0 Å². The first-order chi connectivity index (χ1) is 9.25. The molecule has 0 bridgehead atoms. The molecule has 4 heteroatoms. The number of hydrogen-bond donors (Lipinski definition) is 1. The molecule has 1 aromatic heterocycles. The maximum atomic E-state index is 9.71. The van der Waals surface area contributed by atoms with Crippen molar-refractivity contribution in [3.63, 3.8) is 0 Å². The first-order valence-electron chi connectivity index (χ1n) is 7.28. The van der Waals surface area contributed by atoms with E-state index in [1.54, 1.807) is 13.1 Å². The molecule has 2 unspecified atom stereocenters. The number of aliphatic hydroxyl groups excluding tert-OH is 1. The minimum Gasteiger partial charge on any atom is -0.389 e. The first kappa shape index (κ1) is 12.9. The quantitative estimate of drug-likeness (QED) is 0.888. The number of hydrogen-bond acceptors (Lipinski definition) is 4. The number of aliphatic hydroxyl groups is 1. The number of rotatable bonds is 2. The Morgan fingerprint density at radius 3 is 3.11 bits per heavy atom. The topological polar surface area (TPSA) is 45.6 Å². The van der Waals surface area contributed by atoms with Crippen molar-refractivity contribution < 1.29 is 9.84 Å². The molecule has 1 aliphatic carbocycles. The molecular weight excluding hydrogens is 240 g/mol. The van der Waals surface area contributed by atoms with Crippen molar-refractivity contribution >= 4 is 5.82 Å². The number of pyridine rings is 1. The van der Waals surface area contributed by atoms with Crippen LogP contribution in [0.4, 0.5) is 5.82 Å². The van der Waals surface area contributed by atoms with Crippen molar-refractivity contribution in [1.82, 2.24) is 4.98 Å². The van der Waals surface area contributed by atoms with Gasteiger partial charge in [0.25, 0.3) is 0 Å². The third-order valence-electron chi connectivity index (χ3n) is 4.28. The van der Waals surface area contributed by atoms with Gasteiger partial charge in [-0.15, -0.1) is 0 Å². The summed E-state index contributed by atoms with van der Waals surface area (Å²) in [6.45, 7) is 3.47. The number of morpholine rings is 1. The average Bonchev–Trinajstić information content (AvgIpc) is 2.47. The second kappa shape index (κ2) is 5.47. The van der Waals surface area contributed by atoms with Crippen LogP contribution in [-0.2, 0) is 4.74 Å². The third-order valence-corrected chi connectivity index (χ3v) is 4.28. The van der Waals surface area contributed by atoms with Crippen molar-refractivity contribution in [1.29, 1.82) is 0 Å². The fraction of sp³-hybridized carbons (Fsp3) is 0.667. The highest BCUT2D eigenvalue weighted by Crippen LogP contribution is 2.31. The highest BCUT2D eigenvalue weighted by atomic mass is 16.5. The van der Waals surface area contributed by atoms with E-state index in [0.29, 0.717) is 12.1 Å². The number of nitrogens with zero attached hydrogens (tertiary/aromatic N) is 2. The van der Waals surface area contributed by atoms with Crippen molar-refractivity contribution in [3.05, 3.63) is 23.9 Å². The van der Waals surface area contributed by atoms with Gasteiger partial charge in [-0.25, -0.2) is 4.98 Å². The summed E-state index contributed by atoms with van der Waals surface area (Å²) in [6, 6.07) is 4.36. The van der Waals surface area contributed by atoms with Gasteiger partial charge in [-0.1, -0.05) is 12.8 Å². The van der Waals surface area contributed by atoms with Crippen LogP contribution in [0.15, 0.2) is 18.3 Å². The largest absolute Gasteiger partial charge is 0.389 e. The molecule has 3 atom stereocenters. The van der Waals surface area contributed by atoms with E-state index in [9.17, 15) is 5.11 Å². The molecule has 0 amide bonds. The van der Waals surface area contributed by atoms with Gasteiger partial charge in [-0.2, -0.15) is 0 Å². The van der Waals surface area contributed by atoms with Crippen LogP contribution in [0.25, 0.3) is 0 Å². The summed E-state index contributed by atoms with van der Waals surface area (Å²) in [5, 5.41) is 9.71. The molecule has 0 aromatic carbocycles. The average molecular weight is 262 g/mol. The van der Waals surface area contributed by atoms with Gasteiger partial charge in [0, 0.05) is 12.7 Å². The number of ether oxygens (including phenoxy) is 1.